The van der Waals surface area contributed by atoms with Gasteiger partial charge in [0.15, 0.2) is 0 Å². The number of aromatic nitrogens is 3. The van der Waals surface area contributed by atoms with Crippen LogP contribution < -0.4 is 5.32 Å². The summed E-state index contributed by atoms with van der Waals surface area (Å²) in [6.07, 6.45) is 1.29. The van der Waals surface area contributed by atoms with Crippen molar-refractivity contribution in [1.82, 2.24) is 20.3 Å². The number of para-hydroxylation sites is 1. The summed E-state index contributed by atoms with van der Waals surface area (Å²) in [6, 6.07) is 7.75. The van der Waals surface area contributed by atoms with Crippen molar-refractivity contribution in [1.29, 1.82) is 0 Å². The van der Waals surface area contributed by atoms with E-state index in [1.54, 1.807) is 6.92 Å². The first-order chi connectivity index (χ1) is 11.8. The van der Waals surface area contributed by atoms with Gasteiger partial charge in [-0.25, -0.2) is 4.68 Å². The van der Waals surface area contributed by atoms with Crippen LogP contribution in [0.5, 0.6) is 0 Å². The van der Waals surface area contributed by atoms with Crippen LogP contribution in [0.4, 0.5) is 0 Å². The summed E-state index contributed by atoms with van der Waals surface area (Å²) in [5, 5.41) is 11.3. The third kappa shape index (κ3) is 3.43. The van der Waals surface area contributed by atoms with Crippen LogP contribution in [0.2, 0.25) is 0 Å². The van der Waals surface area contributed by atoms with Gasteiger partial charge in [-0.05, 0) is 43.7 Å². The second-order valence-electron chi connectivity index (χ2n) is 7.85. The molecule has 0 spiro atoms. The molecule has 25 heavy (non-hydrogen) atoms. The normalized spacial score (nSPS) is 23.0. The molecule has 0 bridgehead atoms. The highest BCUT2D eigenvalue weighted by Crippen LogP contribution is 2.53. The molecule has 2 aromatic rings. The minimum Gasteiger partial charge on any atom is -0.352 e. The first-order valence-corrected chi connectivity index (χ1v) is 8.87. The number of fused-ring (bicyclic) bond motifs is 1. The molecule has 1 heterocycles. The quantitative estimate of drug-likeness (QED) is 0.875. The zero-order valence-corrected chi connectivity index (χ0v) is 15.3. The van der Waals surface area contributed by atoms with Crippen molar-refractivity contribution < 1.29 is 9.59 Å². The molecule has 1 aromatic heterocycles. The smallest absolute Gasteiger partial charge is 0.220 e. The SMILES string of the molecule is CC(=O)[C@H]1C[C@H](CC(=O)N[C@H](C)Cn2nnc3ccccc32)C1(C)C. The number of ketones is 1. The van der Waals surface area contributed by atoms with Crippen LogP contribution in [0.3, 0.4) is 0 Å². The molecule has 0 unspecified atom stereocenters. The minimum absolute atomic E-state index is 0.0376. The number of amides is 1. The van der Waals surface area contributed by atoms with E-state index in [0.717, 1.165) is 17.5 Å². The molecule has 6 heteroatoms. The van der Waals surface area contributed by atoms with Gasteiger partial charge in [0.2, 0.25) is 5.91 Å². The Morgan fingerprint density at radius 1 is 1.36 bits per heavy atom. The van der Waals surface area contributed by atoms with E-state index in [9.17, 15) is 9.59 Å². The standard InChI is InChI=1S/C19H26N4O2/c1-12(11-23-17-8-6-5-7-16(17)21-22-23)20-18(25)10-14-9-15(13(2)24)19(14,3)4/h5-8,12,14-15H,9-11H2,1-4H3,(H,20,25)/t12-,14-,15-/m1/s1. The Labute approximate surface area is 148 Å². The molecule has 3 atom stereocenters. The number of nitrogens with one attached hydrogen (secondary N) is 1. The van der Waals surface area contributed by atoms with Crippen molar-refractivity contribution in [3.8, 4) is 0 Å². The molecule has 3 rings (SSSR count). The average molecular weight is 342 g/mol. The van der Waals surface area contributed by atoms with Gasteiger partial charge in [-0.3, -0.25) is 9.59 Å². The third-order valence-corrected chi connectivity index (χ3v) is 5.67. The van der Waals surface area contributed by atoms with E-state index < -0.39 is 0 Å². The Morgan fingerprint density at radius 2 is 2.08 bits per heavy atom. The fourth-order valence-corrected chi connectivity index (χ4v) is 3.97. The Kier molecular flexibility index (Phi) is 4.62. The molecule has 134 valence electrons. The molecule has 1 N–H and O–H groups in total. The van der Waals surface area contributed by atoms with E-state index in [1.165, 1.54) is 0 Å². The van der Waals surface area contributed by atoms with Crippen LogP contribution >= 0.6 is 0 Å². The largest absolute Gasteiger partial charge is 0.352 e. The van der Waals surface area contributed by atoms with Crippen molar-refractivity contribution in [2.75, 3.05) is 0 Å². The second kappa shape index (κ2) is 6.58. The van der Waals surface area contributed by atoms with E-state index in [2.05, 4.69) is 29.5 Å². The molecule has 1 aliphatic rings. The van der Waals surface area contributed by atoms with Crippen LogP contribution in [0.1, 0.15) is 40.5 Å². The van der Waals surface area contributed by atoms with Gasteiger partial charge in [0.1, 0.15) is 11.3 Å². The monoisotopic (exact) mass is 342 g/mol. The maximum atomic E-state index is 12.4. The average Bonchev–Trinajstić information content (AvgIpc) is 2.93. The molecule has 1 fully saturated rings. The topological polar surface area (TPSA) is 76.9 Å². The van der Waals surface area contributed by atoms with Gasteiger partial charge in [0, 0.05) is 18.4 Å². The van der Waals surface area contributed by atoms with Gasteiger partial charge in [0.25, 0.3) is 0 Å². The molecule has 1 amide bonds. The summed E-state index contributed by atoms with van der Waals surface area (Å²) < 4.78 is 1.82. The highest BCUT2D eigenvalue weighted by molar-refractivity contribution is 5.81. The van der Waals surface area contributed by atoms with Gasteiger partial charge in [-0.15, -0.1) is 5.10 Å². The highest BCUT2D eigenvalue weighted by atomic mass is 16.1. The van der Waals surface area contributed by atoms with Gasteiger partial charge in [-0.1, -0.05) is 31.2 Å². The lowest BCUT2D eigenvalue weighted by Crippen LogP contribution is -2.50. The number of Topliss-reactive ketones (excluding diaryl/α,β-unsaturated/α-hetero) is 1. The zero-order chi connectivity index (χ0) is 18.2. The molecular formula is C19H26N4O2. The Balaban J connectivity index is 1.54. The summed E-state index contributed by atoms with van der Waals surface area (Å²) >= 11 is 0. The lowest BCUT2D eigenvalue weighted by molar-refractivity contribution is -0.141. The number of carbonyl (C=O) groups excluding carboxylic acids is 2. The number of benzene rings is 1. The molecule has 1 aliphatic carbocycles. The van der Waals surface area contributed by atoms with Crippen LogP contribution in [0.25, 0.3) is 11.0 Å². The van der Waals surface area contributed by atoms with E-state index in [0.29, 0.717) is 13.0 Å². The fraction of sp³-hybridized carbons (Fsp3) is 0.579. The van der Waals surface area contributed by atoms with Crippen LogP contribution in [0.15, 0.2) is 24.3 Å². The highest BCUT2D eigenvalue weighted by Gasteiger charge is 2.50. The summed E-state index contributed by atoms with van der Waals surface area (Å²) in [5.41, 5.74) is 1.73. The summed E-state index contributed by atoms with van der Waals surface area (Å²) in [4.78, 5) is 24.0. The number of nitrogens with zero attached hydrogens (tertiary/aromatic N) is 3. The molecule has 0 radical (unpaired) electrons. The van der Waals surface area contributed by atoms with Crippen molar-refractivity contribution >= 4 is 22.7 Å². The van der Waals surface area contributed by atoms with Crippen molar-refractivity contribution in [3.05, 3.63) is 24.3 Å². The maximum absolute atomic E-state index is 12.4. The van der Waals surface area contributed by atoms with E-state index in [4.69, 9.17) is 0 Å². The first kappa shape index (κ1) is 17.6. The number of hydrogen-bond acceptors (Lipinski definition) is 4. The summed E-state index contributed by atoms with van der Waals surface area (Å²) in [7, 11) is 0. The van der Waals surface area contributed by atoms with Gasteiger partial charge in [0.05, 0.1) is 12.1 Å². The first-order valence-electron chi connectivity index (χ1n) is 8.87. The van der Waals surface area contributed by atoms with Crippen LogP contribution in [0, 0.1) is 17.3 Å². The lowest BCUT2D eigenvalue weighted by Gasteiger charge is -2.51. The van der Waals surface area contributed by atoms with Crippen LogP contribution in [-0.4, -0.2) is 32.7 Å². The van der Waals surface area contributed by atoms with Crippen molar-refractivity contribution in [3.63, 3.8) is 0 Å². The van der Waals surface area contributed by atoms with E-state index in [1.807, 2.05) is 35.9 Å². The van der Waals surface area contributed by atoms with Gasteiger partial charge >= 0.3 is 0 Å². The van der Waals surface area contributed by atoms with Crippen molar-refractivity contribution in [2.24, 2.45) is 17.3 Å². The zero-order valence-electron chi connectivity index (χ0n) is 15.3. The lowest BCUT2D eigenvalue weighted by atomic mass is 9.52. The number of hydrogen-bond donors (Lipinski definition) is 1. The molecule has 1 aromatic carbocycles. The fourth-order valence-electron chi connectivity index (χ4n) is 3.97. The Morgan fingerprint density at radius 3 is 2.76 bits per heavy atom. The number of rotatable bonds is 6. The van der Waals surface area contributed by atoms with Gasteiger partial charge < -0.3 is 5.32 Å². The molecule has 6 nitrogen and oxygen atoms in total. The predicted molar refractivity (Wildman–Crippen MR) is 95.8 cm³/mol. The van der Waals surface area contributed by atoms with Crippen molar-refractivity contribution in [2.45, 2.75) is 53.1 Å². The molecule has 0 aliphatic heterocycles. The molecule has 1 saturated carbocycles. The maximum Gasteiger partial charge on any atom is 0.220 e. The Hall–Kier alpha value is -2.24. The van der Waals surface area contributed by atoms with E-state index in [-0.39, 0.29) is 35.0 Å². The molecule has 0 saturated heterocycles. The number of carbonyl (C=O) groups is 2. The Bertz CT molecular complexity index is 796. The van der Waals surface area contributed by atoms with Crippen LogP contribution in [-0.2, 0) is 16.1 Å². The third-order valence-electron chi connectivity index (χ3n) is 5.67. The second-order valence-corrected chi connectivity index (χ2v) is 7.85. The molecular weight excluding hydrogens is 316 g/mol. The van der Waals surface area contributed by atoms with Gasteiger partial charge in [-0.2, -0.15) is 0 Å². The van der Waals surface area contributed by atoms with E-state index >= 15 is 0 Å². The summed E-state index contributed by atoms with van der Waals surface area (Å²) in [6.45, 7) is 8.37. The summed E-state index contributed by atoms with van der Waals surface area (Å²) in [5.74, 6) is 0.620. The predicted octanol–water partition coefficient (Wildman–Crippen LogP) is 2.58. The minimum atomic E-state index is -0.0888.